The molecule has 0 aliphatic carbocycles. The molecule has 1 atom stereocenters. The van der Waals surface area contributed by atoms with E-state index in [2.05, 4.69) is 47.6 Å². The fourth-order valence-corrected chi connectivity index (χ4v) is 3.67. The molecule has 1 aromatic heterocycles. The number of nitrogens with one attached hydrogen (secondary N) is 1. The van der Waals surface area contributed by atoms with E-state index in [-0.39, 0.29) is 0 Å². The van der Waals surface area contributed by atoms with Crippen molar-refractivity contribution in [1.82, 2.24) is 15.3 Å². The van der Waals surface area contributed by atoms with Crippen LogP contribution >= 0.6 is 0 Å². The van der Waals surface area contributed by atoms with Crippen molar-refractivity contribution in [2.24, 2.45) is 0 Å². The van der Waals surface area contributed by atoms with E-state index in [0.29, 0.717) is 37.2 Å². The Balaban J connectivity index is 1.70. The summed E-state index contributed by atoms with van der Waals surface area (Å²) < 4.78 is 14.7. The van der Waals surface area contributed by atoms with Crippen molar-refractivity contribution in [3.8, 4) is 28.5 Å². The summed E-state index contributed by atoms with van der Waals surface area (Å²) in [6.45, 7) is 3.17. The first-order valence-corrected chi connectivity index (χ1v) is 9.89. The highest BCUT2D eigenvalue weighted by atomic mass is 19.1. The van der Waals surface area contributed by atoms with Crippen molar-refractivity contribution in [2.45, 2.75) is 31.9 Å². The Morgan fingerprint density at radius 3 is 2.48 bits per heavy atom. The van der Waals surface area contributed by atoms with Gasteiger partial charge in [-0.1, -0.05) is 42.0 Å². The van der Waals surface area contributed by atoms with Gasteiger partial charge in [0.1, 0.15) is 11.5 Å². The predicted molar refractivity (Wildman–Crippen MR) is 112 cm³/mol. The third-order valence-corrected chi connectivity index (χ3v) is 5.48. The van der Waals surface area contributed by atoms with Crippen molar-refractivity contribution < 1.29 is 4.39 Å². The van der Waals surface area contributed by atoms with E-state index in [0.717, 1.165) is 28.9 Å². The van der Waals surface area contributed by atoms with Gasteiger partial charge < -0.3 is 5.32 Å². The van der Waals surface area contributed by atoms with Gasteiger partial charge in [-0.3, -0.25) is 0 Å². The summed E-state index contributed by atoms with van der Waals surface area (Å²) >= 11 is 0. The highest BCUT2D eigenvalue weighted by molar-refractivity contribution is 5.80. The van der Waals surface area contributed by atoms with Crippen LogP contribution in [-0.4, -0.2) is 28.7 Å². The Morgan fingerprint density at radius 1 is 1.10 bits per heavy atom. The maximum absolute atomic E-state index is 14.7. The van der Waals surface area contributed by atoms with E-state index < -0.39 is 5.67 Å². The molecule has 146 valence electrons. The van der Waals surface area contributed by atoms with Crippen LogP contribution in [0.3, 0.4) is 0 Å². The molecular formula is C24H23FN4. The Bertz CT molecular complexity index is 1030. The van der Waals surface area contributed by atoms with Gasteiger partial charge in [-0.2, -0.15) is 5.26 Å². The van der Waals surface area contributed by atoms with Crippen LogP contribution in [0.1, 0.15) is 29.8 Å². The lowest BCUT2D eigenvalue weighted by Gasteiger charge is -2.18. The normalized spacial score (nSPS) is 18.5. The second-order valence-electron chi connectivity index (χ2n) is 7.68. The molecule has 29 heavy (non-hydrogen) atoms. The fourth-order valence-electron chi connectivity index (χ4n) is 3.67. The molecule has 4 nitrogen and oxygen atoms in total. The van der Waals surface area contributed by atoms with Crippen LogP contribution in [0.15, 0.2) is 54.7 Å². The molecule has 1 fully saturated rings. The van der Waals surface area contributed by atoms with Crippen LogP contribution in [0.25, 0.3) is 22.4 Å². The standard InChI is InChI=1S/C24H23FN4/c1-17-2-6-19(7-3-17)21-15-28-22(10-11-24(25)12-13-27-16-24)29-23(21)20-8-4-18(14-26)5-9-20/h2-9,15,27H,10-13,16H2,1H3. The number of nitrogens with zero attached hydrogens (tertiary/aromatic N) is 3. The second-order valence-corrected chi connectivity index (χ2v) is 7.68. The van der Waals surface area contributed by atoms with Gasteiger partial charge >= 0.3 is 0 Å². The summed E-state index contributed by atoms with van der Waals surface area (Å²) in [4.78, 5) is 9.35. The lowest BCUT2D eigenvalue weighted by atomic mass is 9.97. The molecule has 0 radical (unpaired) electrons. The summed E-state index contributed by atoms with van der Waals surface area (Å²) in [7, 11) is 0. The van der Waals surface area contributed by atoms with Crippen molar-refractivity contribution >= 4 is 0 Å². The lowest BCUT2D eigenvalue weighted by Crippen LogP contribution is -2.26. The molecule has 0 saturated carbocycles. The number of aryl methyl sites for hydroxylation is 2. The van der Waals surface area contributed by atoms with Crippen molar-refractivity contribution in [1.29, 1.82) is 5.26 Å². The van der Waals surface area contributed by atoms with Crippen LogP contribution in [0.5, 0.6) is 0 Å². The molecule has 2 heterocycles. The highest BCUT2D eigenvalue weighted by Crippen LogP contribution is 2.31. The second kappa shape index (κ2) is 8.10. The van der Waals surface area contributed by atoms with Crippen LogP contribution < -0.4 is 5.32 Å². The molecule has 2 aromatic carbocycles. The molecule has 1 N–H and O–H groups in total. The first kappa shape index (κ1) is 19.2. The smallest absolute Gasteiger partial charge is 0.129 e. The van der Waals surface area contributed by atoms with Gasteiger partial charge in [-0.25, -0.2) is 14.4 Å². The maximum atomic E-state index is 14.7. The summed E-state index contributed by atoms with van der Waals surface area (Å²) in [5.41, 5.74) is 4.30. The van der Waals surface area contributed by atoms with Crippen molar-refractivity contribution in [3.63, 3.8) is 0 Å². The van der Waals surface area contributed by atoms with E-state index in [4.69, 9.17) is 10.2 Å². The molecule has 1 unspecified atom stereocenters. The number of alkyl halides is 1. The van der Waals surface area contributed by atoms with Gasteiger partial charge in [0, 0.05) is 30.3 Å². The SMILES string of the molecule is Cc1ccc(-c2cnc(CCC3(F)CCNC3)nc2-c2ccc(C#N)cc2)cc1. The number of hydrogen-bond acceptors (Lipinski definition) is 4. The van der Waals surface area contributed by atoms with Gasteiger partial charge in [0.05, 0.1) is 17.3 Å². The molecule has 1 aliphatic heterocycles. The molecule has 1 saturated heterocycles. The van der Waals surface area contributed by atoms with Gasteiger partial charge in [-0.05, 0) is 44.0 Å². The molecule has 5 heteroatoms. The average molecular weight is 386 g/mol. The topological polar surface area (TPSA) is 61.6 Å². The third-order valence-electron chi connectivity index (χ3n) is 5.48. The van der Waals surface area contributed by atoms with Crippen molar-refractivity contribution in [2.75, 3.05) is 13.1 Å². The van der Waals surface area contributed by atoms with Gasteiger partial charge in [0.2, 0.25) is 0 Å². The largest absolute Gasteiger partial charge is 0.313 e. The first-order chi connectivity index (χ1) is 14.1. The molecule has 0 amide bonds. The Kier molecular flexibility index (Phi) is 5.37. The van der Waals surface area contributed by atoms with Crippen LogP contribution in [0.4, 0.5) is 4.39 Å². The zero-order valence-electron chi connectivity index (χ0n) is 16.5. The minimum atomic E-state index is -1.17. The maximum Gasteiger partial charge on any atom is 0.129 e. The van der Waals surface area contributed by atoms with E-state index in [1.54, 1.807) is 12.1 Å². The third kappa shape index (κ3) is 4.33. The summed E-state index contributed by atoms with van der Waals surface area (Å²) in [5, 5.41) is 12.2. The van der Waals surface area contributed by atoms with E-state index in [1.165, 1.54) is 5.56 Å². The predicted octanol–water partition coefficient (Wildman–Crippen LogP) is 4.62. The molecule has 4 rings (SSSR count). The first-order valence-electron chi connectivity index (χ1n) is 9.89. The molecular weight excluding hydrogens is 363 g/mol. The molecule has 0 spiro atoms. The average Bonchev–Trinajstić information content (AvgIpc) is 3.20. The van der Waals surface area contributed by atoms with Crippen molar-refractivity contribution in [3.05, 3.63) is 71.7 Å². The molecule has 1 aliphatic rings. The van der Waals surface area contributed by atoms with Gasteiger partial charge in [0.25, 0.3) is 0 Å². The van der Waals surface area contributed by atoms with Crippen LogP contribution in [-0.2, 0) is 6.42 Å². The Labute approximate surface area is 170 Å². The van der Waals surface area contributed by atoms with Gasteiger partial charge in [0.15, 0.2) is 0 Å². The Morgan fingerprint density at radius 2 is 1.83 bits per heavy atom. The fraction of sp³-hybridized carbons (Fsp3) is 0.292. The zero-order chi connectivity index (χ0) is 20.3. The number of nitriles is 1. The highest BCUT2D eigenvalue weighted by Gasteiger charge is 2.33. The summed E-state index contributed by atoms with van der Waals surface area (Å²) in [6.07, 6.45) is 3.28. The summed E-state index contributed by atoms with van der Waals surface area (Å²) in [6, 6.07) is 17.8. The van der Waals surface area contributed by atoms with Crippen LogP contribution in [0, 0.1) is 18.3 Å². The van der Waals surface area contributed by atoms with E-state index in [9.17, 15) is 4.39 Å². The van der Waals surface area contributed by atoms with E-state index >= 15 is 0 Å². The molecule has 0 bridgehead atoms. The minimum absolute atomic E-state index is 0.400. The number of benzene rings is 2. The molecule has 3 aromatic rings. The number of hydrogen-bond donors (Lipinski definition) is 1. The van der Waals surface area contributed by atoms with Crippen LogP contribution in [0.2, 0.25) is 0 Å². The zero-order valence-corrected chi connectivity index (χ0v) is 16.5. The van der Waals surface area contributed by atoms with Gasteiger partial charge in [-0.15, -0.1) is 0 Å². The number of halogens is 1. The quantitative estimate of drug-likeness (QED) is 0.695. The Hall–Kier alpha value is -3.10. The number of aromatic nitrogens is 2. The minimum Gasteiger partial charge on any atom is -0.313 e. The monoisotopic (exact) mass is 386 g/mol. The lowest BCUT2D eigenvalue weighted by molar-refractivity contribution is 0.175. The number of rotatable bonds is 5. The summed E-state index contributed by atoms with van der Waals surface area (Å²) in [5.74, 6) is 0.643. The van der Waals surface area contributed by atoms with E-state index in [1.807, 2.05) is 18.3 Å².